The molecule has 3 fully saturated rings. The van der Waals surface area contributed by atoms with E-state index in [0.717, 1.165) is 50.0 Å². The minimum atomic E-state index is -0.0128. The standard InChI is InChI=1S/C23H39NO4/c1-15(25)24-10-9-18-13-20(12-17-7-8-21(27-2)14-22(17)18)16-5-4-6-19(11-16)23(26)28-3/h16-22H,4-14H2,1-3H3,(H,24,25). The van der Waals surface area contributed by atoms with Gasteiger partial charge >= 0.3 is 5.97 Å². The van der Waals surface area contributed by atoms with Gasteiger partial charge in [-0.3, -0.25) is 9.59 Å². The van der Waals surface area contributed by atoms with Gasteiger partial charge in [-0.2, -0.15) is 0 Å². The lowest BCUT2D eigenvalue weighted by molar-refractivity contribution is -0.147. The number of rotatable bonds is 6. The van der Waals surface area contributed by atoms with Crippen LogP contribution in [0.3, 0.4) is 0 Å². The smallest absolute Gasteiger partial charge is 0.308 e. The van der Waals surface area contributed by atoms with Crippen molar-refractivity contribution in [1.29, 1.82) is 0 Å². The van der Waals surface area contributed by atoms with Crippen molar-refractivity contribution in [2.75, 3.05) is 20.8 Å². The first-order valence-corrected chi connectivity index (χ1v) is 11.4. The minimum Gasteiger partial charge on any atom is -0.469 e. The summed E-state index contributed by atoms with van der Waals surface area (Å²) in [6, 6.07) is 0. The number of methoxy groups -OCH3 is 2. The predicted octanol–water partition coefficient (Wildman–Crippen LogP) is 3.95. The molecule has 0 aromatic rings. The number of carbonyl (C=O) groups is 2. The SMILES string of the molecule is COC(=O)C1CCCC(C2CC(CCNC(C)=O)C3CC(OC)CCC3C2)C1. The third-order valence-corrected chi connectivity index (χ3v) is 7.95. The van der Waals surface area contributed by atoms with Gasteiger partial charge in [0.15, 0.2) is 0 Å². The molecule has 3 saturated carbocycles. The van der Waals surface area contributed by atoms with E-state index in [0.29, 0.717) is 17.9 Å². The summed E-state index contributed by atoms with van der Waals surface area (Å²) in [6.07, 6.45) is 12.1. The molecule has 3 aliphatic carbocycles. The molecular weight excluding hydrogens is 354 g/mol. The monoisotopic (exact) mass is 393 g/mol. The number of amides is 1. The van der Waals surface area contributed by atoms with Crippen molar-refractivity contribution in [2.24, 2.45) is 35.5 Å². The molecule has 0 aromatic carbocycles. The van der Waals surface area contributed by atoms with Crippen LogP contribution in [-0.2, 0) is 19.1 Å². The zero-order valence-corrected chi connectivity index (χ0v) is 18.0. The minimum absolute atomic E-state index is 0.0128. The lowest BCUT2D eigenvalue weighted by Crippen LogP contribution is -2.42. The van der Waals surface area contributed by atoms with E-state index in [1.165, 1.54) is 45.6 Å². The molecule has 7 unspecified atom stereocenters. The molecule has 7 atom stereocenters. The molecule has 0 bridgehead atoms. The average molecular weight is 394 g/mol. The molecule has 0 saturated heterocycles. The van der Waals surface area contributed by atoms with Crippen molar-refractivity contribution in [2.45, 2.75) is 77.2 Å². The summed E-state index contributed by atoms with van der Waals surface area (Å²) in [5, 5.41) is 3.01. The number of ether oxygens (including phenoxy) is 2. The molecule has 3 rings (SSSR count). The Labute approximate surface area is 170 Å². The van der Waals surface area contributed by atoms with Crippen LogP contribution in [0.5, 0.6) is 0 Å². The topological polar surface area (TPSA) is 64.6 Å². The number of esters is 1. The van der Waals surface area contributed by atoms with E-state index in [1.54, 1.807) is 6.92 Å². The lowest BCUT2D eigenvalue weighted by atomic mass is 9.57. The van der Waals surface area contributed by atoms with Gasteiger partial charge in [0, 0.05) is 20.6 Å². The van der Waals surface area contributed by atoms with Gasteiger partial charge in [-0.15, -0.1) is 0 Å². The third kappa shape index (κ3) is 5.28. The largest absolute Gasteiger partial charge is 0.469 e. The molecule has 5 nitrogen and oxygen atoms in total. The average Bonchev–Trinajstić information content (AvgIpc) is 2.72. The second kappa shape index (κ2) is 10.1. The molecule has 1 amide bonds. The Morgan fingerprint density at radius 3 is 2.46 bits per heavy atom. The van der Waals surface area contributed by atoms with Crippen LogP contribution in [0.25, 0.3) is 0 Å². The van der Waals surface area contributed by atoms with Crippen molar-refractivity contribution in [3.05, 3.63) is 0 Å². The highest BCUT2D eigenvalue weighted by molar-refractivity contribution is 5.72. The zero-order chi connectivity index (χ0) is 20.1. The molecular formula is C23H39NO4. The van der Waals surface area contributed by atoms with E-state index in [2.05, 4.69) is 5.32 Å². The summed E-state index contributed by atoms with van der Waals surface area (Å²) < 4.78 is 10.7. The Kier molecular flexibility index (Phi) is 7.78. The van der Waals surface area contributed by atoms with Crippen LogP contribution < -0.4 is 5.32 Å². The Morgan fingerprint density at radius 2 is 1.75 bits per heavy atom. The second-order valence-electron chi connectivity index (χ2n) is 9.50. The van der Waals surface area contributed by atoms with Crippen LogP contribution in [0.15, 0.2) is 0 Å². The number of fused-ring (bicyclic) bond motifs is 1. The maximum absolute atomic E-state index is 12.1. The van der Waals surface area contributed by atoms with Crippen LogP contribution in [0.2, 0.25) is 0 Å². The molecule has 160 valence electrons. The van der Waals surface area contributed by atoms with Crippen molar-refractivity contribution >= 4 is 11.9 Å². The Balaban J connectivity index is 1.66. The maximum Gasteiger partial charge on any atom is 0.308 e. The number of carbonyl (C=O) groups excluding carboxylic acids is 2. The van der Waals surface area contributed by atoms with E-state index in [4.69, 9.17) is 9.47 Å². The highest BCUT2D eigenvalue weighted by atomic mass is 16.5. The fourth-order valence-corrected chi connectivity index (χ4v) is 6.55. The van der Waals surface area contributed by atoms with E-state index < -0.39 is 0 Å². The molecule has 0 aromatic heterocycles. The Morgan fingerprint density at radius 1 is 0.929 bits per heavy atom. The van der Waals surface area contributed by atoms with Gasteiger partial charge in [0.1, 0.15) is 0 Å². The molecule has 5 heteroatoms. The lowest BCUT2D eigenvalue weighted by Gasteiger charge is -2.49. The fraction of sp³-hybridized carbons (Fsp3) is 0.913. The quantitative estimate of drug-likeness (QED) is 0.694. The molecule has 0 radical (unpaired) electrons. The maximum atomic E-state index is 12.1. The molecule has 0 heterocycles. The van der Waals surface area contributed by atoms with Gasteiger partial charge in [-0.1, -0.05) is 12.8 Å². The van der Waals surface area contributed by atoms with Crippen LogP contribution in [0, 0.1) is 35.5 Å². The number of hydrogen-bond donors (Lipinski definition) is 1. The van der Waals surface area contributed by atoms with Gasteiger partial charge in [-0.25, -0.2) is 0 Å². The summed E-state index contributed by atoms with van der Waals surface area (Å²) in [7, 11) is 3.36. The van der Waals surface area contributed by atoms with E-state index in [1.807, 2.05) is 7.11 Å². The van der Waals surface area contributed by atoms with Gasteiger partial charge in [-0.05, 0) is 81.0 Å². The van der Waals surface area contributed by atoms with E-state index in [-0.39, 0.29) is 17.8 Å². The van der Waals surface area contributed by atoms with Crippen molar-refractivity contribution in [3.8, 4) is 0 Å². The van der Waals surface area contributed by atoms with Crippen molar-refractivity contribution < 1.29 is 19.1 Å². The summed E-state index contributed by atoms with van der Waals surface area (Å²) in [6.45, 7) is 2.38. The highest BCUT2D eigenvalue weighted by Crippen LogP contribution is 2.51. The summed E-state index contributed by atoms with van der Waals surface area (Å²) in [5.74, 6) is 3.69. The van der Waals surface area contributed by atoms with Crippen molar-refractivity contribution in [1.82, 2.24) is 5.32 Å². The molecule has 1 N–H and O–H groups in total. The molecule has 28 heavy (non-hydrogen) atoms. The zero-order valence-electron chi connectivity index (χ0n) is 18.0. The van der Waals surface area contributed by atoms with Crippen LogP contribution in [0.1, 0.15) is 71.1 Å². The summed E-state index contributed by atoms with van der Waals surface area (Å²) in [5.41, 5.74) is 0. The van der Waals surface area contributed by atoms with Crippen LogP contribution >= 0.6 is 0 Å². The van der Waals surface area contributed by atoms with Crippen LogP contribution in [0.4, 0.5) is 0 Å². The molecule has 0 spiro atoms. The summed E-state index contributed by atoms with van der Waals surface area (Å²) in [4.78, 5) is 23.4. The first-order chi connectivity index (χ1) is 13.5. The summed E-state index contributed by atoms with van der Waals surface area (Å²) >= 11 is 0. The van der Waals surface area contributed by atoms with E-state index >= 15 is 0 Å². The Bertz CT molecular complexity index is 537. The van der Waals surface area contributed by atoms with Gasteiger partial charge in [0.05, 0.1) is 19.1 Å². The van der Waals surface area contributed by atoms with Gasteiger partial charge in [0.2, 0.25) is 5.91 Å². The van der Waals surface area contributed by atoms with E-state index in [9.17, 15) is 9.59 Å². The highest BCUT2D eigenvalue weighted by Gasteiger charge is 2.44. The first-order valence-electron chi connectivity index (χ1n) is 11.4. The second-order valence-corrected chi connectivity index (χ2v) is 9.50. The number of nitrogens with one attached hydrogen (secondary N) is 1. The molecule has 3 aliphatic rings. The predicted molar refractivity (Wildman–Crippen MR) is 109 cm³/mol. The Hall–Kier alpha value is -1.10. The van der Waals surface area contributed by atoms with Gasteiger partial charge < -0.3 is 14.8 Å². The van der Waals surface area contributed by atoms with Crippen molar-refractivity contribution in [3.63, 3.8) is 0 Å². The van der Waals surface area contributed by atoms with Gasteiger partial charge in [0.25, 0.3) is 0 Å². The fourth-order valence-electron chi connectivity index (χ4n) is 6.55. The normalized spacial score (nSPS) is 38.3. The third-order valence-electron chi connectivity index (χ3n) is 7.95. The first kappa shape index (κ1) is 21.6. The number of hydrogen-bond acceptors (Lipinski definition) is 4. The molecule has 0 aliphatic heterocycles. The van der Waals surface area contributed by atoms with Crippen LogP contribution in [-0.4, -0.2) is 38.7 Å².